The number of aliphatic carboxylic acids is 3. The monoisotopic (exact) mass is 732 g/mol. The van der Waals surface area contributed by atoms with Crippen LogP contribution in [0, 0.1) is 16.2 Å². The largest absolute Gasteiger partial charge is 3.00 e. The van der Waals surface area contributed by atoms with Crippen molar-refractivity contribution >= 4 is 53.2 Å². The molecule has 0 aromatic heterocycles. The van der Waals surface area contributed by atoms with Crippen molar-refractivity contribution in [2.75, 3.05) is 0 Å². The van der Waals surface area contributed by atoms with Crippen LogP contribution in [0.3, 0.4) is 0 Å². The molecular weight excluding hydrogens is 687 g/mol. The molecule has 0 aliphatic heterocycles. The fraction of sp³-hybridized carbons (Fsp3) is 0.385. The predicted octanol–water partition coefficient (Wildman–Crippen LogP) is 3.06. The third kappa shape index (κ3) is 12.1. The Balaban J connectivity index is 0.000000743. The SMILES string of the molecule is CCC(CC)(C(=O)[O-])C(=O)Oc1ccccc1.CCC(CC)(C(=O)[O-])C(=O)Oc1ccccc1.CCC(CC)(C(=O)[O-])C(=O)Oc1ccccc1.[Al+3]. The normalized spacial score (nSPS) is 10.7. The number of hydrogen-bond donors (Lipinski definition) is 0. The van der Waals surface area contributed by atoms with Crippen LogP contribution in [-0.4, -0.2) is 53.2 Å². The van der Waals surface area contributed by atoms with Gasteiger partial charge in [0, 0.05) is 0 Å². The van der Waals surface area contributed by atoms with Gasteiger partial charge in [-0.1, -0.05) is 96.1 Å². The van der Waals surface area contributed by atoms with E-state index in [2.05, 4.69) is 0 Å². The average Bonchev–Trinajstić information content (AvgIpc) is 3.12. The van der Waals surface area contributed by atoms with E-state index < -0.39 is 52.1 Å². The van der Waals surface area contributed by atoms with Crippen molar-refractivity contribution in [3.8, 4) is 17.2 Å². The van der Waals surface area contributed by atoms with E-state index in [1.165, 1.54) is 0 Å². The summed E-state index contributed by atoms with van der Waals surface area (Å²) in [5, 5.41) is 33.3. The molecule has 3 aromatic carbocycles. The third-order valence-electron chi connectivity index (χ3n) is 8.83. The molecule has 0 saturated carbocycles. The molecule has 0 aliphatic rings. The van der Waals surface area contributed by atoms with E-state index in [0.717, 1.165) is 0 Å². The van der Waals surface area contributed by atoms with E-state index in [4.69, 9.17) is 14.2 Å². The molecule has 52 heavy (non-hydrogen) atoms. The summed E-state index contributed by atoms with van der Waals surface area (Å²) >= 11 is 0. The van der Waals surface area contributed by atoms with Gasteiger partial charge in [-0.15, -0.1) is 0 Å². The minimum atomic E-state index is -1.56. The molecule has 0 N–H and O–H groups in total. The Morgan fingerprint density at radius 1 is 0.404 bits per heavy atom. The molecule has 0 bridgehead atoms. The van der Waals surface area contributed by atoms with Crippen molar-refractivity contribution in [2.24, 2.45) is 16.2 Å². The van der Waals surface area contributed by atoms with E-state index in [1.54, 1.807) is 133 Å². The van der Waals surface area contributed by atoms with Crippen LogP contribution in [0.25, 0.3) is 0 Å². The summed E-state index contributed by atoms with van der Waals surface area (Å²) in [6.45, 7) is 9.78. The Bertz CT molecular complexity index is 1380. The molecule has 0 aliphatic carbocycles. The Morgan fingerprint density at radius 3 is 0.712 bits per heavy atom. The van der Waals surface area contributed by atoms with Gasteiger partial charge in [0.2, 0.25) is 0 Å². The summed E-state index contributed by atoms with van der Waals surface area (Å²) in [6, 6.07) is 25.2. The van der Waals surface area contributed by atoms with Crippen LogP contribution in [0.15, 0.2) is 91.0 Å². The molecule has 3 rings (SSSR count). The molecule has 13 heteroatoms. The second kappa shape index (κ2) is 22.8. The first-order chi connectivity index (χ1) is 24.2. The van der Waals surface area contributed by atoms with E-state index >= 15 is 0 Å². The predicted molar refractivity (Wildman–Crippen MR) is 186 cm³/mol. The van der Waals surface area contributed by atoms with Gasteiger partial charge in [0.05, 0.1) is 17.9 Å². The second-order valence-corrected chi connectivity index (χ2v) is 11.3. The van der Waals surface area contributed by atoms with Crippen LogP contribution >= 0.6 is 0 Å². The zero-order valence-corrected chi connectivity index (χ0v) is 31.5. The fourth-order valence-corrected chi connectivity index (χ4v) is 4.81. The van der Waals surface area contributed by atoms with Crippen molar-refractivity contribution in [1.82, 2.24) is 0 Å². The Morgan fingerprint density at radius 2 is 0.577 bits per heavy atom. The van der Waals surface area contributed by atoms with Gasteiger partial charge < -0.3 is 43.9 Å². The van der Waals surface area contributed by atoms with E-state index in [9.17, 15) is 44.1 Å². The summed E-state index contributed by atoms with van der Waals surface area (Å²) in [5.74, 6) is -5.45. The molecule has 0 fully saturated rings. The topological polar surface area (TPSA) is 199 Å². The first kappa shape index (κ1) is 47.0. The molecule has 276 valence electrons. The Hall–Kier alpha value is -4.99. The second-order valence-electron chi connectivity index (χ2n) is 11.3. The standard InChI is InChI=1S/3C13H16O4.Al/c3*1-3-13(4-2,11(14)15)12(16)17-10-8-6-5-7-9-10;/h3*5-9H,3-4H2,1-2H3,(H,14,15);/q;;;+3/p-3. The molecule has 0 spiro atoms. The van der Waals surface area contributed by atoms with Gasteiger partial charge >= 0.3 is 35.3 Å². The molecule has 12 nitrogen and oxygen atoms in total. The van der Waals surface area contributed by atoms with Gasteiger partial charge in [-0.3, -0.25) is 14.4 Å². The minimum absolute atomic E-state index is 0. The van der Waals surface area contributed by atoms with Crippen LogP contribution in [0.5, 0.6) is 17.2 Å². The summed E-state index contributed by atoms with van der Waals surface area (Å²) in [7, 11) is 0. The van der Waals surface area contributed by atoms with Crippen molar-refractivity contribution in [1.29, 1.82) is 0 Å². The summed E-state index contributed by atoms with van der Waals surface area (Å²) in [5.41, 5.74) is -4.68. The maximum Gasteiger partial charge on any atom is 3.00 e. The molecule has 0 unspecified atom stereocenters. The zero-order chi connectivity index (χ0) is 38.7. The summed E-state index contributed by atoms with van der Waals surface area (Å²) in [6.07, 6.45) is 0.902. The first-order valence-corrected chi connectivity index (χ1v) is 16.7. The number of esters is 3. The van der Waals surface area contributed by atoms with Crippen molar-refractivity contribution in [2.45, 2.75) is 80.1 Å². The molecular formula is C39H45AlO12. The smallest absolute Gasteiger partial charge is 0.549 e. The number of carboxylic acids is 3. The number of rotatable bonds is 15. The van der Waals surface area contributed by atoms with Gasteiger partial charge in [0.1, 0.15) is 33.5 Å². The van der Waals surface area contributed by atoms with Gasteiger partial charge in [-0.05, 0) is 74.9 Å². The maximum absolute atomic E-state index is 11.9. The molecule has 0 heterocycles. The number of carboxylic acid groups (broad SMARTS) is 3. The number of carbonyl (C=O) groups excluding carboxylic acids is 6. The van der Waals surface area contributed by atoms with Crippen LogP contribution < -0.4 is 29.5 Å². The van der Waals surface area contributed by atoms with E-state index in [-0.39, 0.29) is 55.9 Å². The number of carbonyl (C=O) groups is 6. The number of ether oxygens (including phenoxy) is 3. The summed E-state index contributed by atoms with van der Waals surface area (Å²) < 4.78 is 15.2. The van der Waals surface area contributed by atoms with Gasteiger partial charge in [0.15, 0.2) is 0 Å². The third-order valence-corrected chi connectivity index (χ3v) is 8.83. The molecule has 0 saturated heterocycles. The van der Waals surface area contributed by atoms with Crippen LogP contribution in [-0.2, 0) is 28.8 Å². The molecule has 0 radical (unpaired) electrons. The van der Waals surface area contributed by atoms with Crippen LogP contribution in [0.2, 0.25) is 0 Å². The molecule has 0 atom stereocenters. The van der Waals surface area contributed by atoms with E-state index in [0.29, 0.717) is 17.2 Å². The van der Waals surface area contributed by atoms with E-state index in [1.807, 2.05) is 0 Å². The molecule has 0 amide bonds. The van der Waals surface area contributed by atoms with Gasteiger partial charge in [-0.25, -0.2) is 0 Å². The fourth-order valence-electron chi connectivity index (χ4n) is 4.81. The maximum atomic E-state index is 11.9. The first-order valence-electron chi connectivity index (χ1n) is 16.7. The number of para-hydroxylation sites is 3. The Labute approximate surface area is 315 Å². The summed E-state index contributed by atoms with van der Waals surface area (Å²) in [4.78, 5) is 69.0. The van der Waals surface area contributed by atoms with Crippen molar-refractivity contribution in [3.63, 3.8) is 0 Å². The average molecular weight is 733 g/mol. The minimum Gasteiger partial charge on any atom is -0.549 e. The zero-order valence-electron chi connectivity index (χ0n) is 30.4. The quantitative estimate of drug-likeness (QED) is 0.0959. The molecule has 3 aromatic rings. The van der Waals surface area contributed by atoms with Crippen LogP contribution in [0.1, 0.15) is 80.1 Å². The van der Waals surface area contributed by atoms with Crippen molar-refractivity contribution in [3.05, 3.63) is 91.0 Å². The number of benzene rings is 3. The van der Waals surface area contributed by atoms with Gasteiger partial charge in [-0.2, -0.15) is 0 Å². The van der Waals surface area contributed by atoms with Crippen molar-refractivity contribution < 1.29 is 58.3 Å². The Kier molecular flexibility index (Phi) is 20.6. The van der Waals surface area contributed by atoms with Crippen LogP contribution in [0.4, 0.5) is 0 Å². The number of hydrogen-bond acceptors (Lipinski definition) is 12. The van der Waals surface area contributed by atoms with Gasteiger partial charge in [0.25, 0.3) is 0 Å².